The zero-order valence-electron chi connectivity index (χ0n) is 13.9. The molecule has 6 nitrogen and oxygen atoms in total. The normalized spacial score (nSPS) is 28.0. The minimum absolute atomic E-state index is 0.230. The molecule has 2 fully saturated rings. The van der Waals surface area contributed by atoms with Crippen molar-refractivity contribution in [1.29, 1.82) is 0 Å². The molecule has 2 saturated heterocycles. The molecule has 0 unspecified atom stereocenters. The first-order valence-corrected chi connectivity index (χ1v) is 8.23. The SMILES string of the molecule is C[C@@H]1CN(c2nccc(CN3CCN(C)CC3)n2)C[C@H](C)O1. The fourth-order valence-corrected chi connectivity index (χ4v) is 3.20. The van der Waals surface area contributed by atoms with Crippen LogP contribution in [0.5, 0.6) is 0 Å². The zero-order valence-corrected chi connectivity index (χ0v) is 13.9. The average Bonchev–Trinajstić information content (AvgIpc) is 2.49. The Morgan fingerprint density at radius 2 is 1.82 bits per heavy atom. The molecule has 3 heterocycles. The van der Waals surface area contributed by atoms with Gasteiger partial charge in [0.15, 0.2) is 0 Å². The number of likely N-dealkylation sites (N-methyl/N-ethyl adjacent to an activating group) is 1. The number of hydrogen-bond donors (Lipinski definition) is 0. The Balaban J connectivity index is 1.64. The third-order valence-electron chi connectivity index (χ3n) is 4.38. The Bertz CT molecular complexity index is 479. The summed E-state index contributed by atoms with van der Waals surface area (Å²) in [5, 5.41) is 0. The van der Waals surface area contributed by atoms with Crippen LogP contribution < -0.4 is 4.90 Å². The van der Waals surface area contributed by atoms with Crippen molar-refractivity contribution in [3.05, 3.63) is 18.0 Å². The van der Waals surface area contributed by atoms with Crippen molar-refractivity contribution in [2.24, 2.45) is 0 Å². The highest BCUT2D eigenvalue weighted by atomic mass is 16.5. The van der Waals surface area contributed by atoms with Gasteiger partial charge < -0.3 is 14.5 Å². The highest BCUT2D eigenvalue weighted by Crippen LogP contribution is 2.17. The topological polar surface area (TPSA) is 44.7 Å². The van der Waals surface area contributed by atoms with Gasteiger partial charge in [0.1, 0.15) is 0 Å². The van der Waals surface area contributed by atoms with Gasteiger partial charge in [-0.15, -0.1) is 0 Å². The van der Waals surface area contributed by atoms with Crippen molar-refractivity contribution in [2.75, 3.05) is 51.2 Å². The summed E-state index contributed by atoms with van der Waals surface area (Å²) in [6, 6.07) is 2.04. The van der Waals surface area contributed by atoms with Gasteiger partial charge in [0.05, 0.1) is 17.9 Å². The van der Waals surface area contributed by atoms with Crippen molar-refractivity contribution in [1.82, 2.24) is 19.8 Å². The maximum atomic E-state index is 5.79. The summed E-state index contributed by atoms with van der Waals surface area (Å²) in [4.78, 5) is 16.3. The molecule has 2 atom stereocenters. The maximum absolute atomic E-state index is 5.79. The van der Waals surface area contributed by atoms with Crippen LogP contribution in [0.2, 0.25) is 0 Å². The van der Waals surface area contributed by atoms with E-state index in [1.54, 1.807) is 0 Å². The van der Waals surface area contributed by atoms with Gasteiger partial charge >= 0.3 is 0 Å². The van der Waals surface area contributed by atoms with Gasteiger partial charge in [0.2, 0.25) is 5.95 Å². The molecule has 6 heteroatoms. The molecule has 0 bridgehead atoms. The van der Waals surface area contributed by atoms with Gasteiger partial charge in [-0.25, -0.2) is 9.97 Å². The molecule has 0 aromatic carbocycles. The first kappa shape index (κ1) is 15.6. The predicted octanol–water partition coefficient (Wildman–Crippen LogP) is 0.838. The second-order valence-electron chi connectivity index (χ2n) is 6.59. The van der Waals surface area contributed by atoms with E-state index in [1.165, 1.54) is 0 Å². The fourth-order valence-electron chi connectivity index (χ4n) is 3.20. The number of morpholine rings is 1. The molecule has 2 aliphatic rings. The van der Waals surface area contributed by atoms with Crippen LogP contribution in [0.3, 0.4) is 0 Å². The predicted molar refractivity (Wildman–Crippen MR) is 87.0 cm³/mol. The lowest BCUT2D eigenvalue weighted by Gasteiger charge is -2.35. The first-order chi connectivity index (χ1) is 10.6. The second-order valence-corrected chi connectivity index (χ2v) is 6.59. The second kappa shape index (κ2) is 6.89. The number of ether oxygens (including phenoxy) is 1. The van der Waals surface area contributed by atoms with Crippen molar-refractivity contribution in [2.45, 2.75) is 32.6 Å². The van der Waals surface area contributed by atoms with E-state index in [0.29, 0.717) is 0 Å². The molecule has 3 rings (SSSR count). The lowest BCUT2D eigenvalue weighted by molar-refractivity contribution is -0.00574. The molecular formula is C16H27N5O. The molecule has 0 amide bonds. The van der Waals surface area contributed by atoms with Crippen molar-refractivity contribution >= 4 is 5.95 Å². The molecular weight excluding hydrogens is 278 g/mol. The Morgan fingerprint density at radius 1 is 1.14 bits per heavy atom. The van der Waals surface area contributed by atoms with Crippen LogP contribution in [0.15, 0.2) is 12.3 Å². The fraction of sp³-hybridized carbons (Fsp3) is 0.750. The lowest BCUT2D eigenvalue weighted by Crippen LogP contribution is -2.46. The smallest absolute Gasteiger partial charge is 0.225 e. The number of hydrogen-bond acceptors (Lipinski definition) is 6. The van der Waals surface area contributed by atoms with E-state index in [0.717, 1.165) is 57.5 Å². The third-order valence-corrected chi connectivity index (χ3v) is 4.38. The number of anilines is 1. The molecule has 1 aromatic heterocycles. The number of rotatable bonds is 3. The number of aromatic nitrogens is 2. The van der Waals surface area contributed by atoms with Crippen LogP contribution in [-0.2, 0) is 11.3 Å². The van der Waals surface area contributed by atoms with Crippen LogP contribution in [-0.4, -0.2) is 78.3 Å². The van der Waals surface area contributed by atoms with Gasteiger partial charge in [0, 0.05) is 52.0 Å². The molecule has 2 aliphatic heterocycles. The standard InChI is InChI=1S/C16H27N5O/c1-13-10-21(11-14(2)22-13)16-17-5-4-15(18-16)12-20-8-6-19(3)7-9-20/h4-5,13-14H,6-12H2,1-3H3/t13-,14+. The molecule has 0 saturated carbocycles. The van der Waals surface area contributed by atoms with Gasteiger partial charge in [-0.05, 0) is 27.0 Å². The summed E-state index contributed by atoms with van der Waals surface area (Å²) in [5.74, 6) is 0.841. The van der Waals surface area contributed by atoms with Crippen LogP contribution >= 0.6 is 0 Å². The monoisotopic (exact) mass is 305 g/mol. The van der Waals surface area contributed by atoms with E-state index in [9.17, 15) is 0 Å². The summed E-state index contributed by atoms with van der Waals surface area (Å²) in [7, 11) is 2.18. The van der Waals surface area contributed by atoms with Crippen LogP contribution in [0.25, 0.3) is 0 Å². The number of piperazine rings is 1. The van der Waals surface area contributed by atoms with Crippen molar-refractivity contribution in [3.8, 4) is 0 Å². The third kappa shape index (κ3) is 3.94. The maximum Gasteiger partial charge on any atom is 0.225 e. The van der Waals surface area contributed by atoms with E-state index >= 15 is 0 Å². The van der Waals surface area contributed by atoms with Crippen LogP contribution in [0, 0.1) is 0 Å². The van der Waals surface area contributed by atoms with Crippen LogP contribution in [0.1, 0.15) is 19.5 Å². The van der Waals surface area contributed by atoms with Crippen molar-refractivity contribution < 1.29 is 4.74 Å². The average molecular weight is 305 g/mol. The zero-order chi connectivity index (χ0) is 15.5. The molecule has 1 aromatic rings. The minimum atomic E-state index is 0.230. The highest BCUT2D eigenvalue weighted by Gasteiger charge is 2.24. The highest BCUT2D eigenvalue weighted by molar-refractivity contribution is 5.31. The molecule has 0 spiro atoms. The largest absolute Gasteiger partial charge is 0.372 e. The Hall–Kier alpha value is -1.24. The van der Waals surface area contributed by atoms with E-state index < -0.39 is 0 Å². The van der Waals surface area contributed by atoms with E-state index in [4.69, 9.17) is 9.72 Å². The quantitative estimate of drug-likeness (QED) is 0.824. The molecule has 22 heavy (non-hydrogen) atoms. The summed E-state index contributed by atoms with van der Waals surface area (Å²) < 4.78 is 5.79. The van der Waals surface area contributed by atoms with E-state index in [1.807, 2.05) is 12.3 Å². The van der Waals surface area contributed by atoms with E-state index in [2.05, 4.69) is 40.6 Å². The van der Waals surface area contributed by atoms with Gasteiger partial charge in [0.25, 0.3) is 0 Å². The van der Waals surface area contributed by atoms with Gasteiger partial charge in [-0.1, -0.05) is 0 Å². The lowest BCUT2D eigenvalue weighted by atomic mass is 10.2. The minimum Gasteiger partial charge on any atom is -0.372 e. The summed E-state index contributed by atoms with van der Waals surface area (Å²) in [6.07, 6.45) is 2.35. The summed E-state index contributed by atoms with van der Waals surface area (Å²) in [5.41, 5.74) is 1.11. The molecule has 0 N–H and O–H groups in total. The summed E-state index contributed by atoms with van der Waals surface area (Å²) in [6.45, 7) is 11.4. The first-order valence-electron chi connectivity index (χ1n) is 8.23. The molecule has 0 radical (unpaired) electrons. The van der Waals surface area contributed by atoms with Gasteiger partial charge in [-0.2, -0.15) is 0 Å². The van der Waals surface area contributed by atoms with Crippen LogP contribution in [0.4, 0.5) is 5.95 Å². The van der Waals surface area contributed by atoms with E-state index in [-0.39, 0.29) is 12.2 Å². The number of nitrogens with zero attached hydrogens (tertiary/aromatic N) is 5. The summed E-state index contributed by atoms with van der Waals surface area (Å²) >= 11 is 0. The Kier molecular flexibility index (Phi) is 4.90. The van der Waals surface area contributed by atoms with Gasteiger partial charge in [-0.3, -0.25) is 4.90 Å². The van der Waals surface area contributed by atoms with Crippen molar-refractivity contribution in [3.63, 3.8) is 0 Å². The Morgan fingerprint density at radius 3 is 2.50 bits per heavy atom. The molecule has 0 aliphatic carbocycles. The Labute approximate surface area is 133 Å². The molecule has 122 valence electrons.